The second kappa shape index (κ2) is 5.65. The number of halogens is 1. The van der Waals surface area contributed by atoms with E-state index in [1.54, 1.807) is 0 Å². The first kappa shape index (κ1) is 12.6. The Morgan fingerprint density at radius 1 is 1.56 bits per heavy atom. The molecule has 3 heteroatoms. The van der Waals surface area contributed by atoms with Crippen LogP contribution in [0.2, 0.25) is 0 Å². The molecular weight excluding hydrogens is 282 g/mol. The lowest BCUT2D eigenvalue weighted by Crippen LogP contribution is -2.35. The third-order valence-electron chi connectivity index (χ3n) is 3.69. The van der Waals surface area contributed by atoms with Crippen LogP contribution in [-0.4, -0.2) is 6.04 Å². The summed E-state index contributed by atoms with van der Waals surface area (Å²) in [6.07, 6.45) is 6.45. The summed E-state index contributed by atoms with van der Waals surface area (Å²) >= 11 is 5.40. The Bertz CT molecular complexity index is 336. The van der Waals surface area contributed by atoms with E-state index in [4.69, 9.17) is 5.73 Å². The van der Waals surface area contributed by atoms with E-state index < -0.39 is 0 Å². The summed E-state index contributed by atoms with van der Waals surface area (Å²) in [6, 6.07) is 2.47. The molecule has 1 aromatic rings. The van der Waals surface area contributed by atoms with E-state index >= 15 is 0 Å². The molecule has 0 bridgehead atoms. The molecule has 0 radical (unpaired) electrons. The fourth-order valence-corrected chi connectivity index (χ4v) is 4.31. The standard InChI is InChI=1S/C13H20BrNS/c1-9-3-2-4-10(7-9)12(15)8-13-11(14)5-6-16-13/h5-6,9-10,12H,2-4,7-8,15H2,1H3. The third kappa shape index (κ3) is 3.08. The lowest BCUT2D eigenvalue weighted by atomic mass is 9.78. The van der Waals surface area contributed by atoms with Crippen molar-refractivity contribution >= 4 is 27.3 Å². The summed E-state index contributed by atoms with van der Waals surface area (Å²) in [6.45, 7) is 2.36. The average Bonchev–Trinajstić information content (AvgIpc) is 2.64. The van der Waals surface area contributed by atoms with Crippen LogP contribution in [0.25, 0.3) is 0 Å². The van der Waals surface area contributed by atoms with Crippen molar-refractivity contribution in [1.29, 1.82) is 0 Å². The fourth-order valence-electron chi connectivity index (χ4n) is 2.72. The highest BCUT2D eigenvalue weighted by Gasteiger charge is 2.24. The van der Waals surface area contributed by atoms with Gasteiger partial charge in [-0.05, 0) is 58.5 Å². The molecule has 0 saturated heterocycles. The largest absolute Gasteiger partial charge is 0.327 e. The first-order chi connectivity index (χ1) is 7.66. The van der Waals surface area contributed by atoms with Crippen LogP contribution in [0.15, 0.2) is 15.9 Å². The minimum Gasteiger partial charge on any atom is -0.327 e. The van der Waals surface area contributed by atoms with Crippen LogP contribution < -0.4 is 5.73 Å². The monoisotopic (exact) mass is 301 g/mol. The van der Waals surface area contributed by atoms with Crippen LogP contribution in [-0.2, 0) is 6.42 Å². The van der Waals surface area contributed by atoms with Crippen LogP contribution >= 0.6 is 27.3 Å². The van der Waals surface area contributed by atoms with Crippen LogP contribution in [0.1, 0.15) is 37.5 Å². The maximum atomic E-state index is 6.36. The van der Waals surface area contributed by atoms with Gasteiger partial charge in [0, 0.05) is 15.4 Å². The van der Waals surface area contributed by atoms with Gasteiger partial charge in [0.1, 0.15) is 0 Å². The van der Waals surface area contributed by atoms with Gasteiger partial charge in [0.05, 0.1) is 0 Å². The van der Waals surface area contributed by atoms with Crippen LogP contribution in [0.4, 0.5) is 0 Å². The van der Waals surface area contributed by atoms with E-state index in [-0.39, 0.29) is 0 Å². The Balaban J connectivity index is 1.92. The summed E-state index contributed by atoms with van der Waals surface area (Å²) in [5.41, 5.74) is 6.36. The predicted octanol–water partition coefficient (Wildman–Crippen LogP) is 4.21. The Kier molecular flexibility index (Phi) is 4.45. The first-order valence-electron chi connectivity index (χ1n) is 6.14. The summed E-state index contributed by atoms with van der Waals surface area (Å²) in [5, 5.41) is 2.13. The van der Waals surface area contributed by atoms with Crippen molar-refractivity contribution in [2.75, 3.05) is 0 Å². The normalized spacial score (nSPS) is 27.9. The van der Waals surface area contributed by atoms with Gasteiger partial charge in [-0.15, -0.1) is 11.3 Å². The Hall–Kier alpha value is 0.140. The molecular formula is C13H20BrNS. The van der Waals surface area contributed by atoms with Gasteiger partial charge in [-0.2, -0.15) is 0 Å². The van der Waals surface area contributed by atoms with Gasteiger partial charge in [0.15, 0.2) is 0 Å². The van der Waals surface area contributed by atoms with Crippen molar-refractivity contribution in [3.8, 4) is 0 Å². The van der Waals surface area contributed by atoms with E-state index in [0.717, 1.165) is 18.3 Å². The van der Waals surface area contributed by atoms with E-state index in [1.807, 2.05) is 11.3 Å². The number of hydrogen-bond donors (Lipinski definition) is 1. The van der Waals surface area contributed by atoms with Gasteiger partial charge in [0.2, 0.25) is 0 Å². The zero-order chi connectivity index (χ0) is 11.5. The molecule has 0 aliphatic heterocycles. The van der Waals surface area contributed by atoms with Gasteiger partial charge in [0.25, 0.3) is 0 Å². The van der Waals surface area contributed by atoms with E-state index in [1.165, 1.54) is 35.0 Å². The van der Waals surface area contributed by atoms with Crippen molar-refractivity contribution in [3.05, 3.63) is 20.8 Å². The number of rotatable bonds is 3. The van der Waals surface area contributed by atoms with Gasteiger partial charge in [-0.25, -0.2) is 0 Å². The van der Waals surface area contributed by atoms with E-state index in [0.29, 0.717) is 6.04 Å². The van der Waals surface area contributed by atoms with Crippen molar-refractivity contribution in [1.82, 2.24) is 0 Å². The second-order valence-electron chi connectivity index (χ2n) is 5.09. The molecule has 1 fully saturated rings. The molecule has 3 unspecified atom stereocenters. The summed E-state index contributed by atoms with van der Waals surface area (Å²) in [5.74, 6) is 1.61. The van der Waals surface area contributed by atoms with Crippen LogP contribution in [0.5, 0.6) is 0 Å². The lowest BCUT2D eigenvalue weighted by molar-refractivity contribution is 0.246. The maximum Gasteiger partial charge on any atom is 0.0314 e. The molecule has 1 aliphatic rings. The molecule has 1 heterocycles. The molecule has 1 saturated carbocycles. The highest BCUT2D eigenvalue weighted by molar-refractivity contribution is 9.10. The number of hydrogen-bond acceptors (Lipinski definition) is 2. The SMILES string of the molecule is CC1CCCC(C(N)Cc2sccc2Br)C1. The molecule has 1 aliphatic carbocycles. The molecule has 0 amide bonds. The Labute approximate surface area is 111 Å². The van der Waals surface area contributed by atoms with E-state index in [9.17, 15) is 0 Å². The van der Waals surface area contributed by atoms with Gasteiger partial charge < -0.3 is 5.73 Å². The number of nitrogens with two attached hydrogens (primary N) is 1. The van der Waals surface area contributed by atoms with Crippen molar-refractivity contribution in [2.24, 2.45) is 17.6 Å². The minimum atomic E-state index is 0.345. The second-order valence-corrected chi connectivity index (χ2v) is 6.95. The van der Waals surface area contributed by atoms with E-state index in [2.05, 4.69) is 34.3 Å². The molecule has 1 aromatic heterocycles. The zero-order valence-corrected chi connectivity index (χ0v) is 12.2. The third-order valence-corrected chi connectivity index (χ3v) is 5.64. The van der Waals surface area contributed by atoms with Crippen molar-refractivity contribution in [2.45, 2.75) is 45.1 Å². The van der Waals surface area contributed by atoms with Crippen molar-refractivity contribution < 1.29 is 0 Å². The fraction of sp³-hybridized carbons (Fsp3) is 0.692. The highest BCUT2D eigenvalue weighted by Crippen LogP contribution is 2.32. The minimum absolute atomic E-state index is 0.345. The van der Waals surface area contributed by atoms with Gasteiger partial charge >= 0.3 is 0 Å². The lowest BCUT2D eigenvalue weighted by Gasteiger charge is -2.31. The Morgan fingerprint density at radius 2 is 2.38 bits per heavy atom. The first-order valence-corrected chi connectivity index (χ1v) is 7.81. The molecule has 16 heavy (non-hydrogen) atoms. The molecule has 2 rings (SSSR count). The van der Waals surface area contributed by atoms with Crippen molar-refractivity contribution in [3.63, 3.8) is 0 Å². The smallest absolute Gasteiger partial charge is 0.0314 e. The topological polar surface area (TPSA) is 26.0 Å². The molecule has 3 atom stereocenters. The Morgan fingerprint density at radius 3 is 3.00 bits per heavy atom. The highest BCUT2D eigenvalue weighted by atomic mass is 79.9. The molecule has 1 nitrogen and oxygen atoms in total. The van der Waals surface area contributed by atoms with Gasteiger partial charge in [-0.1, -0.05) is 19.8 Å². The molecule has 90 valence electrons. The predicted molar refractivity (Wildman–Crippen MR) is 74.8 cm³/mol. The van der Waals surface area contributed by atoms with Crippen LogP contribution in [0.3, 0.4) is 0 Å². The average molecular weight is 302 g/mol. The van der Waals surface area contributed by atoms with Crippen LogP contribution in [0, 0.1) is 11.8 Å². The quantitative estimate of drug-likeness (QED) is 0.889. The molecule has 0 aromatic carbocycles. The van der Waals surface area contributed by atoms with Gasteiger partial charge in [-0.3, -0.25) is 0 Å². The molecule has 2 N–H and O–H groups in total. The zero-order valence-electron chi connectivity index (χ0n) is 9.79. The summed E-state index contributed by atoms with van der Waals surface area (Å²) in [4.78, 5) is 1.41. The maximum absolute atomic E-state index is 6.36. The number of thiophene rings is 1. The molecule has 0 spiro atoms. The summed E-state index contributed by atoms with van der Waals surface area (Å²) in [7, 11) is 0. The summed E-state index contributed by atoms with van der Waals surface area (Å²) < 4.78 is 1.23.